The first kappa shape index (κ1) is 22.4. The number of hydrogen-bond acceptors (Lipinski definition) is 6. The van der Waals surface area contributed by atoms with Crippen LogP contribution in [0.15, 0.2) is 54.2 Å². The number of nitrogens with zero attached hydrogens (tertiary/aromatic N) is 3. The standard InChI is InChI=1S/C16H13F6N7O/c17-15(18,19)10-5-9(6-11(7-10)16(20,21)22)14(23)29-26-2-1-13(30)28-27-12-8-24-3-4-25-12/h1-8,26H,(H2,23,29)(H,25,27)(H,28,30)/b2-1-. The Labute approximate surface area is 164 Å². The van der Waals surface area contributed by atoms with Crippen molar-refractivity contribution >= 4 is 17.6 Å². The molecule has 0 saturated heterocycles. The maximum Gasteiger partial charge on any atom is 0.416 e. The number of alkyl halides is 6. The Kier molecular flexibility index (Phi) is 6.81. The van der Waals surface area contributed by atoms with E-state index in [-0.39, 0.29) is 11.9 Å². The van der Waals surface area contributed by atoms with Crippen molar-refractivity contribution < 1.29 is 31.1 Å². The van der Waals surface area contributed by atoms with Crippen LogP contribution in [0, 0.1) is 0 Å². The number of aromatic nitrogens is 2. The van der Waals surface area contributed by atoms with Crippen molar-refractivity contribution in [1.29, 1.82) is 0 Å². The molecule has 1 heterocycles. The molecule has 2 rings (SSSR count). The second-order valence-electron chi connectivity index (χ2n) is 5.46. The summed E-state index contributed by atoms with van der Waals surface area (Å²) in [6.45, 7) is 0. The van der Waals surface area contributed by atoms with Crippen molar-refractivity contribution in [2.24, 2.45) is 10.8 Å². The Morgan fingerprint density at radius 2 is 1.67 bits per heavy atom. The fourth-order valence-corrected chi connectivity index (χ4v) is 1.92. The molecule has 0 aliphatic rings. The number of benzene rings is 1. The first-order chi connectivity index (χ1) is 14.0. The van der Waals surface area contributed by atoms with Gasteiger partial charge in [0.25, 0.3) is 5.91 Å². The summed E-state index contributed by atoms with van der Waals surface area (Å²) in [6, 6.07) is 0.826. The fourth-order valence-electron chi connectivity index (χ4n) is 1.92. The van der Waals surface area contributed by atoms with Gasteiger partial charge < -0.3 is 5.73 Å². The number of hydrazine groups is 1. The van der Waals surface area contributed by atoms with Gasteiger partial charge in [0.15, 0.2) is 11.7 Å². The minimum absolute atomic E-state index is 0.0292. The number of amidine groups is 1. The molecule has 0 aliphatic heterocycles. The predicted octanol–water partition coefficient (Wildman–Crippen LogP) is 2.38. The van der Waals surface area contributed by atoms with Crippen molar-refractivity contribution in [1.82, 2.24) is 20.8 Å². The van der Waals surface area contributed by atoms with E-state index in [0.29, 0.717) is 12.1 Å². The van der Waals surface area contributed by atoms with Crippen LogP contribution in [-0.2, 0) is 17.1 Å². The largest absolute Gasteiger partial charge is 0.416 e. The van der Waals surface area contributed by atoms with Crippen molar-refractivity contribution in [3.63, 3.8) is 0 Å². The topological polar surface area (TPSA) is 117 Å². The lowest BCUT2D eigenvalue weighted by molar-refractivity contribution is -0.143. The number of nitrogens with one attached hydrogen (secondary N) is 3. The molecule has 0 spiro atoms. The average Bonchev–Trinajstić information content (AvgIpc) is 2.68. The van der Waals surface area contributed by atoms with Crippen molar-refractivity contribution in [2.75, 3.05) is 5.43 Å². The number of carbonyl (C=O) groups is 1. The van der Waals surface area contributed by atoms with Gasteiger partial charge in [0, 0.05) is 30.2 Å². The van der Waals surface area contributed by atoms with Gasteiger partial charge in [0.1, 0.15) is 0 Å². The summed E-state index contributed by atoms with van der Waals surface area (Å²) in [5, 5.41) is 3.43. The smallest absolute Gasteiger partial charge is 0.382 e. The summed E-state index contributed by atoms with van der Waals surface area (Å²) in [7, 11) is 0. The molecule has 0 radical (unpaired) electrons. The van der Waals surface area contributed by atoms with E-state index in [1.165, 1.54) is 18.6 Å². The first-order valence-corrected chi connectivity index (χ1v) is 7.84. The molecule has 1 aromatic heterocycles. The van der Waals surface area contributed by atoms with Crippen LogP contribution in [0.1, 0.15) is 16.7 Å². The second kappa shape index (κ2) is 9.11. The highest BCUT2D eigenvalue weighted by atomic mass is 19.4. The van der Waals surface area contributed by atoms with Crippen molar-refractivity contribution in [2.45, 2.75) is 12.4 Å². The average molecular weight is 433 g/mol. The lowest BCUT2D eigenvalue weighted by Gasteiger charge is -2.13. The summed E-state index contributed by atoms with van der Waals surface area (Å²) in [5.41, 5.74) is 8.58. The third-order valence-electron chi connectivity index (χ3n) is 3.25. The van der Waals surface area contributed by atoms with E-state index >= 15 is 0 Å². The molecule has 5 N–H and O–H groups in total. The van der Waals surface area contributed by atoms with E-state index in [1.807, 2.05) is 0 Å². The molecule has 1 amide bonds. The highest BCUT2D eigenvalue weighted by Gasteiger charge is 2.37. The number of carbonyl (C=O) groups excluding carboxylic acids is 1. The fraction of sp³-hybridized carbons (Fsp3) is 0.125. The lowest BCUT2D eigenvalue weighted by Crippen LogP contribution is -2.28. The Morgan fingerprint density at radius 3 is 2.20 bits per heavy atom. The zero-order valence-electron chi connectivity index (χ0n) is 14.7. The highest BCUT2D eigenvalue weighted by molar-refractivity contribution is 5.97. The number of amides is 1. The van der Waals surface area contributed by atoms with Crippen LogP contribution in [0.4, 0.5) is 32.2 Å². The van der Waals surface area contributed by atoms with Gasteiger partial charge in [-0.05, 0) is 18.2 Å². The van der Waals surface area contributed by atoms with Crippen LogP contribution in [-0.4, -0.2) is 21.7 Å². The Bertz CT molecular complexity index is 909. The zero-order chi connectivity index (χ0) is 22.4. The molecule has 2 aromatic rings. The predicted molar refractivity (Wildman–Crippen MR) is 93.2 cm³/mol. The molecule has 14 heteroatoms. The van der Waals surface area contributed by atoms with Crippen LogP contribution >= 0.6 is 0 Å². The molecular formula is C16H13F6N7O. The van der Waals surface area contributed by atoms with Crippen molar-refractivity contribution in [3.05, 3.63) is 65.8 Å². The quantitative estimate of drug-likeness (QED) is 0.183. The third-order valence-corrected chi connectivity index (χ3v) is 3.25. The number of nitrogens with two attached hydrogens (primary N) is 1. The van der Waals surface area contributed by atoms with Crippen LogP contribution in [0.2, 0.25) is 0 Å². The van der Waals surface area contributed by atoms with E-state index in [9.17, 15) is 31.1 Å². The Balaban J connectivity index is 2.05. The van der Waals surface area contributed by atoms with Gasteiger partial charge in [-0.25, -0.2) is 4.98 Å². The van der Waals surface area contributed by atoms with Gasteiger partial charge in [-0.15, -0.1) is 0 Å². The van der Waals surface area contributed by atoms with Crippen LogP contribution in [0.25, 0.3) is 0 Å². The summed E-state index contributed by atoms with van der Waals surface area (Å²) in [4.78, 5) is 19.1. The molecule has 1 aromatic carbocycles. The summed E-state index contributed by atoms with van der Waals surface area (Å²) in [5.74, 6) is -1.09. The normalized spacial score (nSPS) is 12.7. The molecule has 30 heavy (non-hydrogen) atoms. The minimum atomic E-state index is -5.02. The number of halogens is 6. The second-order valence-corrected chi connectivity index (χ2v) is 5.46. The third kappa shape index (κ3) is 6.65. The molecule has 0 saturated carbocycles. The number of hydrazone groups is 1. The van der Waals surface area contributed by atoms with Crippen LogP contribution in [0.3, 0.4) is 0 Å². The van der Waals surface area contributed by atoms with Crippen LogP contribution in [0.5, 0.6) is 0 Å². The van der Waals surface area contributed by atoms with Gasteiger partial charge in [0.05, 0.1) is 17.3 Å². The van der Waals surface area contributed by atoms with E-state index in [4.69, 9.17) is 5.73 Å². The van der Waals surface area contributed by atoms with Crippen molar-refractivity contribution in [3.8, 4) is 0 Å². The molecule has 0 aliphatic carbocycles. The highest BCUT2D eigenvalue weighted by Crippen LogP contribution is 2.36. The van der Waals surface area contributed by atoms with Gasteiger partial charge in [0.2, 0.25) is 0 Å². The van der Waals surface area contributed by atoms with Gasteiger partial charge >= 0.3 is 12.4 Å². The van der Waals surface area contributed by atoms with E-state index < -0.39 is 40.8 Å². The Hall–Kier alpha value is -3.84. The summed E-state index contributed by atoms with van der Waals surface area (Å²) >= 11 is 0. The minimum Gasteiger partial charge on any atom is -0.382 e. The molecule has 0 unspecified atom stereocenters. The van der Waals surface area contributed by atoms with Gasteiger partial charge in [-0.3, -0.25) is 26.1 Å². The molecule has 0 bridgehead atoms. The molecule has 0 atom stereocenters. The van der Waals surface area contributed by atoms with E-state index in [0.717, 1.165) is 12.3 Å². The zero-order valence-corrected chi connectivity index (χ0v) is 14.7. The first-order valence-electron chi connectivity index (χ1n) is 7.84. The van der Waals surface area contributed by atoms with Gasteiger partial charge in [-0.2, -0.15) is 31.4 Å². The number of anilines is 1. The maximum atomic E-state index is 12.9. The lowest BCUT2D eigenvalue weighted by atomic mass is 10.0. The molecular weight excluding hydrogens is 420 g/mol. The molecule has 0 fully saturated rings. The number of hydrogen-bond donors (Lipinski definition) is 4. The molecule has 160 valence electrons. The Morgan fingerprint density at radius 1 is 1.03 bits per heavy atom. The summed E-state index contributed by atoms with van der Waals surface area (Å²) < 4.78 is 77.1. The molecule has 8 nitrogen and oxygen atoms in total. The monoisotopic (exact) mass is 433 g/mol. The van der Waals surface area contributed by atoms with Crippen LogP contribution < -0.4 is 22.0 Å². The maximum absolute atomic E-state index is 12.9. The summed E-state index contributed by atoms with van der Waals surface area (Å²) in [6.07, 6.45) is -4.03. The SMILES string of the molecule is N/C(=N\N/C=C\C(=O)NNc1cnccn1)c1cc(C(F)(F)F)cc(C(F)(F)F)c1. The van der Waals surface area contributed by atoms with E-state index in [1.54, 1.807) is 0 Å². The number of rotatable bonds is 6. The van der Waals surface area contributed by atoms with Gasteiger partial charge in [-0.1, -0.05) is 0 Å². The van der Waals surface area contributed by atoms with E-state index in [2.05, 4.69) is 31.3 Å².